The van der Waals surface area contributed by atoms with Crippen molar-refractivity contribution < 1.29 is 14.6 Å². The molecule has 0 heterocycles. The summed E-state index contributed by atoms with van der Waals surface area (Å²) in [5.41, 5.74) is 5.32. The van der Waals surface area contributed by atoms with Crippen molar-refractivity contribution in [2.24, 2.45) is 11.7 Å². The summed E-state index contributed by atoms with van der Waals surface area (Å²) in [7, 11) is 0. The number of hydrogen-bond acceptors (Lipinski definition) is 4. The molecule has 3 N–H and O–H groups in total. The number of carbonyl (C=O) groups excluding carboxylic acids is 1. The number of aliphatic hydroxyl groups excluding tert-OH is 1. The number of esters is 1. The van der Waals surface area contributed by atoms with E-state index in [0.29, 0.717) is 6.61 Å². The molecule has 0 aromatic carbocycles. The molecule has 0 spiro atoms. The molecule has 0 saturated heterocycles. The fraction of sp³-hybridized carbons (Fsp3) is 0.875. The SMILES string of the molecule is CC(C)COC(=O)[C@@H](N)[C@@H](C)O.Cl. The molecule has 2 atom stereocenters. The lowest BCUT2D eigenvalue weighted by Gasteiger charge is -2.14. The second-order valence-electron chi connectivity index (χ2n) is 3.29. The Bertz CT molecular complexity index is 150. The van der Waals surface area contributed by atoms with E-state index in [0.717, 1.165) is 0 Å². The quantitative estimate of drug-likeness (QED) is 0.657. The van der Waals surface area contributed by atoms with E-state index in [9.17, 15) is 4.79 Å². The van der Waals surface area contributed by atoms with Gasteiger partial charge in [-0.3, -0.25) is 4.79 Å². The largest absolute Gasteiger partial charge is 0.464 e. The number of nitrogens with two attached hydrogens (primary N) is 1. The number of rotatable bonds is 4. The lowest BCUT2D eigenvalue weighted by Crippen LogP contribution is -2.41. The van der Waals surface area contributed by atoms with E-state index in [1.165, 1.54) is 6.92 Å². The van der Waals surface area contributed by atoms with Crippen LogP contribution in [-0.4, -0.2) is 29.8 Å². The van der Waals surface area contributed by atoms with Gasteiger partial charge in [-0.15, -0.1) is 12.4 Å². The molecule has 0 aromatic rings. The molecule has 0 aliphatic rings. The Labute approximate surface area is 84.9 Å². The predicted octanol–water partition coefficient (Wildman–Crippen LogP) is 0.316. The zero-order valence-electron chi connectivity index (χ0n) is 8.19. The highest BCUT2D eigenvalue weighted by Crippen LogP contribution is 1.97. The summed E-state index contributed by atoms with van der Waals surface area (Å²) in [4.78, 5) is 11.0. The van der Waals surface area contributed by atoms with Gasteiger partial charge in [0.15, 0.2) is 0 Å². The van der Waals surface area contributed by atoms with Crippen LogP contribution in [0.1, 0.15) is 20.8 Å². The standard InChI is InChI=1S/C8H17NO3.ClH/c1-5(2)4-12-8(11)7(9)6(3)10;/h5-7,10H,4,9H2,1-3H3;1H/t6-,7+;/m1./s1. The van der Waals surface area contributed by atoms with Crippen molar-refractivity contribution in [3.8, 4) is 0 Å². The van der Waals surface area contributed by atoms with Gasteiger partial charge in [-0.1, -0.05) is 13.8 Å². The van der Waals surface area contributed by atoms with Crippen molar-refractivity contribution in [3.05, 3.63) is 0 Å². The lowest BCUT2D eigenvalue weighted by molar-refractivity contribution is -0.148. The monoisotopic (exact) mass is 211 g/mol. The second-order valence-corrected chi connectivity index (χ2v) is 3.29. The zero-order valence-corrected chi connectivity index (χ0v) is 9.00. The van der Waals surface area contributed by atoms with Gasteiger partial charge < -0.3 is 15.6 Å². The van der Waals surface area contributed by atoms with E-state index in [-0.39, 0.29) is 18.3 Å². The molecule has 5 heteroatoms. The second kappa shape index (κ2) is 7.12. The molecule has 0 saturated carbocycles. The third kappa shape index (κ3) is 6.81. The minimum Gasteiger partial charge on any atom is -0.464 e. The van der Waals surface area contributed by atoms with Crippen molar-refractivity contribution in [2.45, 2.75) is 32.9 Å². The van der Waals surface area contributed by atoms with Gasteiger partial charge in [-0.25, -0.2) is 0 Å². The maximum atomic E-state index is 11.0. The highest BCUT2D eigenvalue weighted by atomic mass is 35.5. The Morgan fingerprint density at radius 2 is 1.92 bits per heavy atom. The fourth-order valence-corrected chi connectivity index (χ4v) is 0.542. The Morgan fingerprint density at radius 1 is 1.46 bits per heavy atom. The molecule has 0 aromatic heterocycles. The predicted molar refractivity (Wildman–Crippen MR) is 52.7 cm³/mol. The molecule has 0 unspecified atom stereocenters. The maximum Gasteiger partial charge on any atom is 0.325 e. The molecule has 0 fully saturated rings. The van der Waals surface area contributed by atoms with Crippen LogP contribution in [0.25, 0.3) is 0 Å². The first-order chi connectivity index (χ1) is 5.45. The van der Waals surface area contributed by atoms with Crippen LogP contribution in [0.15, 0.2) is 0 Å². The fourth-order valence-electron chi connectivity index (χ4n) is 0.542. The molecule has 0 bridgehead atoms. The minimum absolute atomic E-state index is 0. The molecule has 80 valence electrons. The van der Waals surface area contributed by atoms with Crippen LogP contribution in [0, 0.1) is 5.92 Å². The van der Waals surface area contributed by atoms with Crippen molar-refractivity contribution >= 4 is 18.4 Å². The van der Waals surface area contributed by atoms with Crippen LogP contribution in [0.4, 0.5) is 0 Å². The summed E-state index contributed by atoms with van der Waals surface area (Å²) in [6.07, 6.45) is -0.857. The van der Waals surface area contributed by atoms with Gasteiger partial charge in [0.05, 0.1) is 12.7 Å². The highest BCUT2D eigenvalue weighted by molar-refractivity contribution is 5.85. The molecule has 13 heavy (non-hydrogen) atoms. The smallest absolute Gasteiger partial charge is 0.325 e. The average molecular weight is 212 g/mol. The Hall–Kier alpha value is -0.320. The van der Waals surface area contributed by atoms with Gasteiger partial charge in [0.2, 0.25) is 0 Å². The molecule has 4 nitrogen and oxygen atoms in total. The van der Waals surface area contributed by atoms with E-state index < -0.39 is 18.1 Å². The summed E-state index contributed by atoms with van der Waals surface area (Å²) < 4.78 is 4.80. The number of carbonyl (C=O) groups is 1. The van der Waals surface area contributed by atoms with E-state index in [4.69, 9.17) is 15.6 Å². The highest BCUT2D eigenvalue weighted by Gasteiger charge is 2.20. The van der Waals surface area contributed by atoms with Crippen LogP contribution in [0.3, 0.4) is 0 Å². The van der Waals surface area contributed by atoms with Crippen molar-refractivity contribution in [1.29, 1.82) is 0 Å². The first kappa shape index (κ1) is 15.2. The third-order valence-corrected chi connectivity index (χ3v) is 1.35. The van der Waals surface area contributed by atoms with E-state index in [2.05, 4.69) is 0 Å². The lowest BCUT2D eigenvalue weighted by atomic mass is 10.2. The van der Waals surface area contributed by atoms with Crippen molar-refractivity contribution in [2.75, 3.05) is 6.61 Å². The summed E-state index contributed by atoms with van der Waals surface area (Å²) >= 11 is 0. The molecule has 0 radical (unpaired) electrons. The minimum atomic E-state index is -0.927. The number of aliphatic hydroxyl groups is 1. The van der Waals surface area contributed by atoms with Crippen LogP contribution in [0.2, 0.25) is 0 Å². The van der Waals surface area contributed by atoms with Crippen LogP contribution < -0.4 is 5.73 Å². The van der Waals surface area contributed by atoms with Gasteiger partial charge >= 0.3 is 5.97 Å². The summed E-state index contributed by atoms with van der Waals surface area (Å²) in [5.74, 6) is -0.256. The summed E-state index contributed by atoms with van der Waals surface area (Å²) in [6, 6.07) is -0.927. The number of ether oxygens (including phenoxy) is 1. The van der Waals surface area contributed by atoms with Gasteiger partial charge in [0.1, 0.15) is 6.04 Å². The Morgan fingerprint density at radius 3 is 2.23 bits per heavy atom. The number of halogens is 1. The van der Waals surface area contributed by atoms with E-state index >= 15 is 0 Å². The molecule has 0 aliphatic heterocycles. The van der Waals surface area contributed by atoms with E-state index in [1.807, 2.05) is 13.8 Å². The molecule has 0 rings (SSSR count). The zero-order chi connectivity index (χ0) is 9.72. The first-order valence-corrected chi connectivity index (χ1v) is 4.05. The summed E-state index contributed by atoms with van der Waals surface area (Å²) in [5, 5.41) is 8.93. The Kier molecular flexibility index (Phi) is 8.30. The van der Waals surface area contributed by atoms with Gasteiger partial charge in [0, 0.05) is 0 Å². The molecule has 0 aliphatic carbocycles. The first-order valence-electron chi connectivity index (χ1n) is 4.05. The van der Waals surface area contributed by atoms with Gasteiger partial charge in [0.25, 0.3) is 0 Å². The normalized spacial score (nSPS) is 14.6. The van der Waals surface area contributed by atoms with E-state index in [1.54, 1.807) is 0 Å². The van der Waals surface area contributed by atoms with Crippen LogP contribution in [-0.2, 0) is 9.53 Å². The van der Waals surface area contributed by atoms with Gasteiger partial charge in [-0.05, 0) is 12.8 Å². The topological polar surface area (TPSA) is 72.5 Å². The third-order valence-electron chi connectivity index (χ3n) is 1.35. The Balaban J connectivity index is 0. The summed E-state index contributed by atoms with van der Waals surface area (Å²) in [6.45, 7) is 5.67. The van der Waals surface area contributed by atoms with Crippen molar-refractivity contribution in [1.82, 2.24) is 0 Å². The van der Waals surface area contributed by atoms with Crippen molar-refractivity contribution in [3.63, 3.8) is 0 Å². The number of hydrogen-bond donors (Lipinski definition) is 2. The average Bonchev–Trinajstić information content (AvgIpc) is 1.98. The van der Waals surface area contributed by atoms with Gasteiger partial charge in [-0.2, -0.15) is 0 Å². The van der Waals surface area contributed by atoms with Crippen LogP contribution in [0.5, 0.6) is 0 Å². The maximum absolute atomic E-state index is 11.0. The van der Waals surface area contributed by atoms with Crippen LogP contribution >= 0.6 is 12.4 Å². The molecular formula is C8H18ClNO3. The molecular weight excluding hydrogens is 194 g/mol. The molecule has 0 amide bonds.